The van der Waals surface area contributed by atoms with Crippen LogP contribution in [0.2, 0.25) is 0 Å². The molecule has 0 spiro atoms. The lowest BCUT2D eigenvalue weighted by Gasteiger charge is -2.09. The predicted molar refractivity (Wildman–Crippen MR) is 90.4 cm³/mol. The van der Waals surface area contributed by atoms with E-state index in [1.807, 2.05) is 0 Å². The van der Waals surface area contributed by atoms with E-state index < -0.39 is 36.0 Å². The second-order valence-corrected chi connectivity index (χ2v) is 5.34. The Labute approximate surface area is 153 Å². The van der Waals surface area contributed by atoms with Gasteiger partial charge >= 0.3 is 0 Å². The first kappa shape index (κ1) is 19.6. The zero-order valence-corrected chi connectivity index (χ0v) is 14.1. The molecule has 4 amide bonds. The van der Waals surface area contributed by atoms with E-state index in [-0.39, 0.29) is 18.7 Å². The number of furan rings is 1. The molecule has 0 saturated carbocycles. The minimum atomic E-state index is -0.659. The average Bonchev–Trinajstić information content (AvgIpc) is 3.19. The number of carbonyl (C=O) groups is 4. The molecule has 0 saturated heterocycles. The molecule has 0 aliphatic rings. The molecule has 4 N–H and O–H groups in total. The van der Waals surface area contributed by atoms with Gasteiger partial charge in [-0.3, -0.25) is 30.0 Å². The molecule has 0 aliphatic heterocycles. The number of carbonyl (C=O) groups excluding carboxylic acids is 4. The predicted octanol–water partition coefficient (Wildman–Crippen LogP) is -0.345. The summed E-state index contributed by atoms with van der Waals surface area (Å²) in [6.45, 7) is -0.740. The Bertz CT molecular complexity index is 805. The van der Waals surface area contributed by atoms with Crippen LogP contribution in [0.4, 0.5) is 4.39 Å². The molecule has 142 valence electrons. The summed E-state index contributed by atoms with van der Waals surface area (Å²) in [6.07, 6.45) is 1.27. The minimum absolute atomic E-state index is 0.0499. The van der Waals surface area contributed by atoms with Crippen LogP contribution in [0.3, 0.4) is 0 Å². The Morgan fingerprint density at radius 2 is 1.52 bits per heavy atom. The molecule has 27 heavy (non-hydrogen) atoms. The van der Waals surface area contributed by atoms with Gasteiger partial charge in [0.25, 0.3) is 11.8 Å². The van der Waals surface area contributed by atoms with Crippen LogP contribution in [0.25, 0.3) is 0 Å². The van der Waals surface area contributed by atoms with Crippen LogP contribution >= 0.6 is 0 Å². The maximum Gasteiger partial charge on any atom is 0.287 e. The van der Waals surface area contributed by atoms with Crippen molar-refractivity contribution in [2.24, 2.45) is 0 Å². The molecule has 0 bridgehead atoms. The maximum absolute atomic E-state index is 12.8. The second-order valence-electron chi connectivity index (χ2n) is 5.34. The summed E-state index contributed by atoms with van der Waals surface area (Å²) < 4.78 is 17.6. The Morgan fingerprint density at radius 1 is 0.852 bits per heavy atom. The van der Waals surface area contributed by atoms with Gasteiger partial charge in [0.1, 0.15) is 5.82 Å². The van der Waals surface area contributed by atoms with Crippen LogP contribution < -0.4 is 21.5 Å². The van der Waals surface area contributed by atoms with Crippen molar-refractivity contribution < 1.29 is 28.0 Å². The molecule has 0 atom stereocenters. The maximum atomic E-state index is 12.8. The zero-order chi connectivity index (χ0) is 19.6. The lowest BCUT2D eigenvalue weighted by Crippen LogP contribution is -2.48. The van der Waals surface area contributed by atoms with E-state index in [1.165, 1.54) is 42.7 Å². The van der Waals surface area contributed by atoms with Gasteiger partial charge in [-0.1, -0.05) is 12.1 Å². The van der Waals surface area contributed by atoms with Gasteiger partial charge in [-0.05, 0) is 29.8 Å². The van der Waals surface area contributed by atoms with Crippen LogP contribution in [0.5, 0.6) is 0 Å². The number of rotatable bonds is 7. The quantitative estimate of drug-likeness (QED) is 0.491. The van der Waals surface area contributed by atoms with Crippen molar-refractivity contribution in [3.05, 3.63) is 59.8 Å². The number of benzene rings is 1. The van der Waals surface area contributed by atoms with Crippen molar-refractivity contribution in [3.63, 3.8) is 0 Å². The van der Waals surface area contributed by atoms with E-state index in [1.54, 1.807) is 0 Å². The third-order valence-electron chi connectivity index (χ3n) is 3.22. The number of hydrogen-bond donors (Lipinski definition) is 4. The van der Waals surface area contributed by atoms with Gasteiger partial charge in [0, 0.05) is 0 Å². The second kappa shape index (κ2) is 9.70. The van der Waals surface area contributed by atoms with Gasteiger partial charge in [-0.25, -0.2) is 4.39 Å². The highest BCUT2D eigenvalue weighted by Crippen LogP contribution is 2.03. The fourth-order valence-corrected chi connectivity index (χ4v) is 1.91. The van der Waals surface area contributed by atoms with Gasteiger partial charge in [-0.15, -0.1) is 0 Å². The molecule has 2 rings (SSSR count). The Morgan fingerprint density at radius 3 is 2.19 bits per heavy atom. The molecule has 10 heteroatoms. The number of hydrogen-bond acceptors (Lipinski definition) is 5. The molecule has 0 aliphatic carbocycles. The minimum Gasteiger partial charge on any atom is -0.459 e. The van der Waals surface area contributed by atoms with Gasteiger partial charge < -0.3 is 15.1 Å². The van der Waals surface area contributed by atoms with Crippen molar-refractivity contribution in [2.75, 3.05) is 13.1 Å². The summed E-state index contributed by atoms with van der Waals surface area (Å²) >= 11 is 0. The van der Waals surface area contributed by atoms with Crippen molar-refractivity contribution in [2.45, 2.75) is 6.42 Å². The SMILES string of the molecule is O=C(CNC(=O)c1ccco1)NCC(=O)NNC(=O)Cc1ccc(F)cc1. The van der Waals surface area contributed by atoms with E-state index in [9.17, 15) is 23.6 Å². The first-order valence-electron chi connectivity index (χ1n) is 7.84. The molecule has 0 fully saturated rings. The van der Waals surface area contributed by atoms with Gasteiger partial charge in [-0.2, -0.15) is 0 Å². The summed E-state index contributed by atoms with van der Waals surface area (Å²) in [5.41, 5.74) is 4.87. The third kappa shape index (κ3) is 6.98. The number of amides is 4. The lowest BCUT2D eigenvalue weighted by molar-refractivity contribution is -0.129. The fraction of sp³-hybridized carbons (Fsp3) is 0.176. The van der Waals surface area contributed by atoms with Gasteiger partial charge in [0.05, 0.1) is 25.8 Å². The summed E-state index contributed by atoms with van der Waals surface area (Å²) in [5, 5.41) is 4.59. The number of hydrazine groups is 1. The first-order chi connectivity index (χ1) is 12.9. The summed E-state index contributed by atoms with van der Waals surface area (Å²) in [6, 6.07) is 8.32. The highest BCUT2D eigenvalue weighted by molar-refractivity contribution is 5.94. The highest BCUT2D eigenvalue weighted by atomic mass is 19.1. The molecule has 1 aromatic carbocycles. The largest absolute Gasteiger partial charge is 0.459 e. The molecular weight excluding hydrogens is 359 g/mol. The topological polar surface area (TPSA) is 130 Å². The summed E-state index contributed by atoms with van der Waals surface area (Å²) in [5.74, 6) is -2.68. The Kier molecular flexibility index (Phi) is 7.06. The van der Waals surface area contributed by atoms with Gasteiger partial charge in [0.15, 0.2) is 5.76 Å². The zero-order valence-electron chi connectivity index (χ0n) is 14.1. The van der Waals surface area contributed by atoms with E-state index in [4.69, 9.17) is 4.42 Å². The smallest absolute Gasteiger partial charge is 0.287 e. The van der Waals surface area contributed by atoms with Crippen molar-refractivity contribution >= 4 is 23.6 Å². The summed E-state index contributed by atoms with van der Waals surface area (Å²) in [4.78, 5) is 46.4. The van der Waals surface area contributed by atoms with Crippen LogP contribution in [0.1, 0.15) is 16.1 Å². The number of nitrogens with one attached hydrogen (secondary N) is 4. The average molecular weight is 376 g/mol. The highest BCUT2D eigenvalue weighted by Gasteiger charge is 2.11. The van der Waals surface area contributed by atoms with Crippen molar-refractivity contribution in [1.82, 2.24) is 21.5 Å². The Hall–Kier alpha value is -3.69. The molecule has 1 aromatic heterocycles. The van der Waals surface area contributed by atoms with E-state index >= 15 is 0 Å². The lowest BCUT2D eigenvalue weighted by atomic mass is 10.1. The first-order valence-corrected chi connectivity index (χ1v) is 7.84. The summed E-state index contributed by atoms with van der Waals surface area (Å²) in [7, 11) is 0. The van der Waals surface area contributed by atoms with Gasteiger partial charge in [0.2, 0.25) is 11.8 Å². The van der Waals surface area contributed by atoms with E-state index in [0.717, 1.165) is 0 Å². The van der Waals surface area contributed by atoms with Crippen LogP contribution in [0.15, 0.2) is 47.1 Å². The third-order valence-corrected chi connectivity index (χ3v) is 3.22. The molecule has 1 heterocycles. The van der Waals surface area contributed by atoms with Crippen LogP contribution in [-0.2, 0) is 20.8 Å². The van der Waals surface area contributed by atoms with Crippen LogP contribution in [0, 0.1) is 5.82 Å². The van der Waals surface area contributed by atoms with E-state index in [0.29, 0.717) is 5.56 Å². The molecule has 2 aromatic rings. The molecule has 0 radical (unpaired) electrons. The monoisotopic (exact) mass is 376 g/mol. The number of halogens is 1. The molecule has 0 unspecified atom stereocenters. The van der Waals surface area contributed by atoms with Crippen molar-refractivity contribution in [1.29, 1.82) is 0 Å². The van der Waals surface area contributed by atoms with Crippen LogP contribution in [-0.4, -0.2) is 36.7 Å². The van der Waals surface area contributed by atoms with E-state index in [2.05, 4.69) is 21.5 Å². The van der Waals surface area contributed by atoms with Crippen molar-refractivity contribution in [3.8, 4) is 0 Å². The standard InChI is InChI=1S/C17H17FN4O5/c18-12-5-3-11(4-6-12)8-14(23)21-22-16(25)10-19-15(24)9-20-17(26)13-2-1-7-27-13/h1-7H,8-10H2,(H,19,24)(H,20,26)(H,21,23)(H,22,25). The molecular formula is C17H17FN4O5. The fourth-order valence-electron chi connectivity index (χ4n) is 1.91. The normalized spacial score (nSPS) is 9.96. The Balaban J connectivity index is 1.60. The molecule has 9 nitrogen and oxygen atoms in total.